The van der Waals surface area contributed by atoms with Crippen LogP contribution < -0.4 is 5.32 Å². The normalized spacial score (nSPS) is 18.2. The second-order valence-corrected chi connectivity index (χ2v) is 9.75. The van der Waals surface area contributed by atoms with Gasteiger partial charge in [-0.15, -0.1) is 0 Å². The van der Waals surface area contributed by atoms with E-state index in [-0.39, 0.29) is 17.6 Å². The summed E-state index contributed by atoms with van der Waals surface area (Å²) < 4.78 is 40.6. The molecule has 1 amide bonds. The molecular weight excluding hydrogens is 391 g/mol. The van der Waals surface area contributed by atoms with Crippen molar-refractivity contribution < 1.29 is 17.6 Å². The van der Waals surface area contributed by atoms with E-state index in [4.69, 9.17) is 0 Å². The number of hydrogen-bond donors (Lipinski definition) is 1. The zero-order valence-corrected chi connectivity index (χ0v) is 17.1. The van der Waals surface area contributed by atoms with E-state index in [2.05, 4.69) is 5.32 Å². The molecule has 0 spiro atoms. The molecule has 2 aromatic carbocycles. The minimum atomic E-state index is -3.55. The van der Waals surface area contributed by atoms with Crippen LogP contribution in [0.25, 0.3) is 0 Å². The Morgan fingerprint density at radius 3 is 2.31 bits per heavy atom. The fraction of sp³-hybridized carbons (Fsp3) is 0.409. The van der Waals surface area contributed by atoms with E-state index in [9.17, 15) is 17.6 Å². The number of sulfonamides is 1. The largest absolute Gasteiger partial charge is 0.326 e. The Morgan fingerprint density at radius 1 is 0.966 bits per heavy atom. The lowest BCUT2D eigenvalue weighted by Crippen LogP contribution is -2.41. The third kappa shape index (κ3) is 4.36. The van der Waals surface area contributed by atoms with E-state index in [0.29, 0.717) is 36.5 Å². The summed E-state index contributed by atoms with van der Waals surface area (Å²) in [5.41, 5.74) is 2.94. The Kier molecular flexibility index (Phi) is 5.69. The van der Waals surface area contributed by atoms with Crippen LogP contribution in [0.15, 0.2) is 47.4 Å². The number of halogens is 1. The van der Waals surface area contributed by atoms with Gasteiger partial charge in [0.1, 0.15) is 5.82 Å². The molecule has 154 valence electrons. The van der Waals surface area contributed by atoms with Crippen molar-refractivity contribution in [2.24, 2.45) is 5.92 Å². The number of amides is 1. The van der Waals surface area contributed by atoms with Crippen LogP contribution in [0.3, 0.4) is 0 Å². The van der Waals surface area contributed by atoms with Crippen LogP contribution in [0.5, 0.6) is 0 Å². The fourth-order valence-electron chi connectivity index (χ4n) is 4.16. The third-order valence-electron chi connectivity index (χ3n) is 5.89. The zero-order valence-electron chi connectivity index (χ0n) is 16.2. The lowest BCUT2D eigenvalue weighted by Gasteiger charge is -2.31. The molecule has 0 bridgehead atoms. The van der Waals surface area contributed by atoms with Crippen molar-refractivity contribution in [3.63, 3.8) is 0 Å². The zero-order chi connectivity index (χ0) is 20.4. The number of carbonyl (C=O) groups is 1. The van der Waals surface area contributed by atoms with E-state index in [1.165, 1.54) is 34.1 Å². The van der Waals surface area contributed by atoms with E-state index in [1.54, 1.807) is 6.07 Å². The summed E-state index contributed by atoms with van der Waals surface area (Å²) in [6.07, 6.45) is 5.15. The van der Waals surface area contributed by atoms with E-state index >= 15 is 0 Å². The highest BCUT2D eigenvalue weighted by atomic mass is 32.2. The Labute approximate surface area is 171 Å². The van der Waals surface area contributed by atoms with Gasteiger partial charge in [0.25, 0.3) is 0 Å². The Bertz CT molecular complexity index is 997. The Morgan fingerprint density at radius 2 is 1.62 bits per heavy atom. The van der Waals surface area contributed by atoms with Crippen molar-refractivity contribution in [3.8, 4) is 0 Å². The minimum absolute atomic E-state index is 0.151. The highest BCUT2D eigenvalue weighted by Crippen LogP contribution is 2.28. The minimum Gasteiger partial charge on any atom is -0.326 e. The van der Waals surface area contributed by atoms with Crippen LogP contribution in [0.2, 0.25) is 0 Å². The van der Waals surface area contributed by atoms with Gasteiger partial charge in [0, 0.05) is 24.7 Å². The molecular formula is C22H25FN2O3S. The third-order valence-corrected chi connectivity index (χ3v) is 7.79. The van der Waals surface area contributed by atoms with Gasteiger partial charge in [-0.1, -0.05) is 6.07 Å². The van der Waals surface area contributed by atoms with Crippen molar-refractivity contribution in [1.82, 2.24) is 4.31 Å². The highest BCUT2D eigenvalue weighted by molar-refractivity contribution is 7.89. The molecule has 1 aliphatic heterocycles. The standard InChI is InChI=1S/C22H25FN2O3S/c23-19-6-8-20(9-7-19)24-22(26)17-11-13-25(14-12-17)29(27,28)21-10-5-16-3-1-2-4-18(16)15-21/h5-10,15,17H,1-4,11-14H2,(H,24,26). The molecule has 1 fully saturated rings. The predicted molar refractivity (Wildman–Crippen MR) is 110 cm³/mol. The molecule has 29 heavy (non-hydrogen) atoms. The number of benzene rings is 2. The van der Waals surface area contributed by atoms with E-state index in [0.717, 1.165) is 31.2 Å². The Balaban J connectivity index is 1.39. The molecule has 4 rings (SSSR count). The quantitative estimate of drug-likeness (QED) is 0.826. The second kappa shape index (κ2) is 8.24. The summed E-state index contributed by atoms with van der Waals surface area (Å²) in [5.74, 6) is -0.763. The number of hydrogen-bond acceptors (Lipinski definition) is 3. The average molecular weight is 417 g/mol. The van der Waals surface area contributed by atoms with Crippen molar-refractivity contribution in [3.05, 3.63) is 59.4 Å². The average Bonchev–Trinajstić information content (AvgIpc) is 2.75. The molecule has 5 nitrogen and oxygen atoms in total. The van der Waals surface area contributed by atoms with Crippen LogP contribution in [-0.2, 0) is 27.7 Å². The summed E-state index contributed by atoms with van der Waals surface area (Å²) in [6, 6.07) is 11.1. The van der Waals surface area contributed by atoms with Gasteiger partial charge < -0.3 is 5.32 Å². The highest BCUT2D eigenvalue weighted by Gasteiger charge is 2.32. The number of carbonyl (C=O) groups excluding carboxylic acids is 1. The number of anilines is 1. The van der Waals surface area contributed by atoms with E-state index < -0.39 is 10.0 Å². The molecule has 0 atom stereocenters. The molecule has 0 unspecified atom stereocenters. The smallest absolute Gasteiger partial charge is 0.243 e. The first-order chi connectivity index (χ1) is 13.9. The first-order valence-electron chi connectivity index (χ1n) is 10.1. The lowest BCUT2D eigenvalue weighted by molar-refractivity contribution is -0.120. The number of piperidine rings is 1. The summed E-state index contributed by atoms with van der Waals surface area (Å²) in [6.45, 7) is 0.641. The molecule has 2 aliphatic rings. The van der Waals surface area contributed by atoms with Crippen molar-refractivity contribution in [2.45, 2.75) is 43.4 Å². The summed E-state index contributed by atoms with van der Waals surface area (Å²) in [4.78, 5) is 12.8. The van der Waals surface area contributed by atoms with Crippen LogP contribution in [0.1, 0.15) is 36.8 Å². The van der Waals surface area contributed by atoms with Gasteiger partial charge in [0.15, 0.2) is 0 Å². The Hall–Kier alpha value is -2.25. The number of nitrogens with one attached hydrogen (secondary N) is 1. The van der Waals surface area contributed by atoms with Crippen LogP contribution in [0, 0.1) is 11.7 Å². The van der Waals surface area contributed by atoms with Crippen molar-refractivity contribution >= 4 is 21.6 Å². The molecule has 1 N–H and O–H groups in total. The maximum absolute atomic E-state index is 13.1. The van der Waals surface area contributed by atoms with Gasteiger partial charge >= 0.3 is 0 Å². The first kappa shape index (κ1) is 20.0. The molecule has 0 saturated carbocycles. The second-order valence-electron chi connectivity index (χ2n) is 7.81. The van der Waals surface area contributed by atoms with Gasteiger partial charge in [-0.3, -0.25) is 4.79 Å². The van der Waals surface area contributed by atoms with Gasteiger partial charge in [0.2, 0.25) is 15.9 Å². The van der Waals surface area contributed by atoms with Gasteiger partial charge in [-0.05, 0) is 86.1 Å². The van der Waals surface area contributed by atoms with Crippen LogP contribution in [-0.4, -0.2) is 31.7 Å². The lowest BCUT2D eigenvalue weighted by atomic mass is 9.92. The number of aryl methyl sites for hydroxylation is 2. The molecule has 1 saturated heterocycles. The maximum atomic E-state index is 13.1. The number of rotatable bonds is 4. The molecule has 0 aromatic heterocycles. The van der Waals surface area contributed by atoms with Gasteiger partial charge in [0.05, 0.1) is 4.90 Å². The predicted octanol–water partition coefficient (Wildman–Crippen LogP) is 3.74. The molecule has 7 heteroatoms. The SMILES string of the molecule is O=C(Nc1ccc(F)cc1)C1CCN(S(=O)(=O)c2ccc3c(c2)CCCC3)CC1. The summed E-state index contributed by atoms with van der Waals surface area (Å²) in [5, 5.41) is 2.78. The maximum Gasteiger partial charge on any atom is 0.243 e. The topological polar surface area (TPSA) is 66.5 Å². The van der Waals surface area contributed by atoms with Crippen LogP contribution in [0.4, 0.5) is 10.1 Å². The molecule has 2 aromatic rings. The monoisotopic (exact) mass is 416 g/mol. The first-order valence-corrected chi connectivity index (χ1v) is 11.6. The van der Waals surface area contributed by atoms with Gasteiger partial charge in [-0.2, -0.15) is 4.31 Å². The molecule has 1 aliphatic carbocycles. The fourth-order valence-corrected chi connectivity index (χ4v) is 5.68. The van der Waals surface area contributed by atoms with Crippen molar-refractivity contribution in [1.29, 1.82) is 0 Å². The molecule has 1 heterocycles. The van der Waals surface area contributed by atoms with E-state index in [1.807, 2.05) is 12.1 Å². The van der Waals surface area contributed by atoms with Crippen LogP contribution >= 0.6 is 0 Å². The summed E-state index contributed by atoms with van der Waals surface area (Å²) >= 11 is 0. The molecule has 0 radical (unpaired) electrons. The summed E-state index contributed by atoms with van der Waals surface area (Å²) in [7, 11) is -3.55. The number of nitrogens with zero attached hydrogens (tertiary/aromatic N) is 1. The van der Waals surface area contributed by atoms with Gasteiger partial charge in [-0.25, -0.2) is 12.8 Å². The number of fused-ring (bicyclic) bond motifs is 1. The van der Waals surface area contributed by atoms with Crippen molar-refractivity contribution in [2.75, 3.05) is 18.4 Å².